The lowest BCUT2D eigenvalue weighted by Gasteiger charge is -2.26. The second-order valence-corrected chi connectivity index (χ2v) is 10.3. The van der Waals surface area contributed by atoms with Crippen molar-refractivity contribution in [1.29, 1.82) is 0 Å². The van der Waals surface area contributed by atoms with Crippen LogP contribution >= 0.6 is 12.4 Å². The Balaban J connectivity index is 0.00000243. The quantitative estimate of drug-likeness (QED) is 0.742. The SMILES string of the molecule is Cc1ccc(S(=O)(=O)N2CCCCC2)cc1S(=O)(=O)NC1CCNC1.Cl. The third-order valence-corrected chi connectivity index (χ3v) is 8.34. The van der Waals surface area contributed by atoms with Crippen molar-refractivity contribution in [2.45, 2.75) is 48.4 Å². The van der Waals surface area contributed by atoms with E-state index in [-0.39, 0.29) is 28.2 Å². The van der Waals surface area contributed by atoms with Gasteiger partial charge in [-0.05, 0) is 50.4 Å². The summed E-state index contributed by atoms with van der Waals surface area (Å²) in [4.78, 5) is 0.0856. The molecule has 0 saturated carbocycles. The van der Waals surface area contributed by atoms with Crippen LogP contribution in [0.25, 0.3) is 0 Å². The van der Waals surface area contributed by atoms with Crippen molar-refractivity contribution in [3.05, 3.63) is 23.8 Å². The van der Waals surface area contributed by atoms with Gasteiger partial charge in [-0.25, -0.2) is 21.6 Å². The first-order valence-electron chi connectivity index (χ1n) is 8.64. The highest BCUT2D eigenvalue weighted by Crippen LogP contribution is 2.25. The molecule has 1 aromatic rings. The fraction of sp³-hybridized carbons (Fsp3) is 0.625. The van der Waals surface area contributed by atoms with Gasteiger partial charge in [0.2, 0.25) is 20.0 Å². The highest BCUT2D eigenvalue weighted by Gasteiger charge is 2.29. The smallest absolute Gasteiger partial charge is 0.243 e. The zero-order valence-corrected chi connectivity index (χ0v) is 17.2. The molecule has 0 radical (unpaired) electrons. The van der Waals surface area contributed by atoms with Gasteiger partial charge in [-0.3, -0.25) is 0 Å². The van der Waals surface area contributed by atoms with E-state index >= 15 is 0 Å². The first-order valence-corrected chi connectivity index (χ1v) is 11.6. The molecule has 148 valence electrons. The van der Waals surface area contributed by atoms with Gasteiger partial charge < -0.3 is 5.32 Å². The Labute approximate surface area is 162 Å². The summed E-state index contributed by atoms with van der Waals surface area (Å²) in [6, 6.07) is 4.20. The second-order valence-electron chi connectivity index (χ2n) is 6.70. The second kappa shape index (κ2) is 8.53. The Hall–Kier alpha value is -0.710. The van der Waals surface area contributed by atoms with E-state index in [9.17, 15) is 16.8 Å². The van der Waals surface area contributed by atoms with Gasteiger partial charge in [-0.1, -0.05) is 12.5 Å². The lowest BCUT2D eigenvalue weighted by Crippen LogP contribution is -2.37. The van der Waals surface area contributed by atoms with Gasteiger partial charge in [0.05, 0.1) is 9.79 Å². The van der Waals surface area contributed by atoms with Crippen LogP contribution in [0.2, 0.25) is 0 Å². The molecule has 7 nitrogen and oxygen atoms in total. The minimum atomic E-state index is -3.76. The minimum Gasteiger partial charge on any atom is -0.315 e. The van der Waals surface area contributed by atoms with E-state index < -0.39 is 20.0 Å². The molecule has 0 aromatic heterocycles. The maximum absolute atomic E-state index is 12.8. The van der Waals surface area contributed by atoms with Crippen molar-refractivity contribution >= 4 is 32.5 Å². The van der Waals surface area contributed by atoms with Crippen LogP contribution in [-0.2, 0) is 20.0 Å². The van der Waals surface area contributed by atoms with Gasteiger partial charge in [-0.15, -0.1) is 12.4 Å². The molecule has 1 atom stereocenters. The van der Waals surface area contributed by atoms with E-state index in [1.54, 1.807) is 13.0 Å². The van der Waals surface area contributed by atoms with Crippen LogP contribution in [0.5, 0.6) is 0 Å². The molecule has 0 bridgehead atoms. The Bertz CT molecular complexity index is 831. The summed E-state index contributed by atoms with van der Waals surface area (Å²) >= 11 is 0. The van der Waals surface area contributed by atoms with Crippen LogP contribution in [0.1, 0.15) is 31.2 Å². The number of nitrogens with zero attached hydrogens (tertiary/aromatic N) is 1. The van der Waals surface area contributed by atoms with Crippen molar-refractivity contribution in [2.75, 3.05) is 26.2 Å². The zero-order chi connectivity index (χ0) is 18.1. The van der Waals surface area contributed by atoms with Gasteiger partial charge in [0.1, 0.15) is 0 Å². The molecular formula is C16H26ClN3O4S2. The number of halogens is 1. The molecule has 0 aliphatic carbocycles. The van der Waals surface area contributed by atoms with E-state index in [2.05, 4.69) is 10.0 Å². The molecule has 2 aliphatic rings. The molecule has 2 saturated heterocycles. The van der Waals surface area contributed by atoms with Crippen LogP contribution in [-0.4, -0.2) is 53.4 Å². The van der Waals surface area contributed by atoms with E-state index in [0.29, 0.717) is 25.2 Å². The monoisotopic (exact) mass is 423 g/mol. The largest absolute Gasteiger partial charge is 0.315 e. The van der Waals surface area contributed by atoms with E-state index in [0.717, 1.165) is 32.2 Å². The van der Waals surface area contributed by atoms with Crippen LogP contribution in [0.3, 0.4) is 0 Å². The van der Waals surface area contributed by atoms with Crippen LogP contribution < -0.4 is 10.0 Å². The molecule has 10 heteroatoms. The Kier molecular flexibility index (Phi) is 7.09. The summed E-state index contributed by atoms with van der Waals surface area (Å²) in [6.07, 6.45) is 3.43. The molecule has 2 fully saturated rings. The summed E-state index contributed by atoms with van der Waals surface area (Å²) < 4.78 is 55.2. The number of benzene rings is 1. The first kappa shape index (κ1) is 21.6. The van der Waals surface area contributed by atoms with Crippen molar-refractivity contribution in [3.8, 4) is 0 Å². The molecule has 0 spiro atoms. The third-order valence-electron chi connectivity index (χ3n) is 4.78. The fourth-order valence-corrected chi connectivity index (χ4v) is 6.48. The van der Waals surface area contributed by atoms with Gasteiger partial charge >= 0.3 is 0 Å². The van der Waals surface area contributed by atoms with E-state index in [4.69, 9.17) is 0 Å². The molecule has 2 heterocycles. The molecule has 2 aliphatic heterocycles. The predicted octanol–water partition coefficient (Wildman–Crippen LogP) is 1.23. The number of aryl methyl sites for hydroxylation is 1. The molecule has 1 unspecified atom stereocenters. The summed E-state index contributed by atoms with van der Waals surface area (Å²) in [5, 5.41) is 3.11. The average Bonchev–Trinajstić information content (AvgIpc) is 3.08. The maximum atomic E-state index is 12.8. The molecule has 0 amide bonds. The molecular weight excluding hydrogens is 398 g/mol. The van der Waals surface area contributed by atoms with E-state index in [1.165, 1.54) is 16.4 Å². The summed E-state index contributed by atoms with van der Waals surface area (Å²) in [6.45, 7) is 4.02. The maximum Gasteiger partial charge on any atom is 0.243 e. The van der Waals surface area contributed by atoms with Crippen molar-refractivity contribution in [1.82, 2.24) is 14.3 Å². The fourth-order valence-electron chi connectivity index (χ4n) is 3.32. The molecule has 3 rings (SSSR count). The standard InChI is InChI=1S/C16H25N3O4S2.ClH/c1-13-5-6-15(25(22,23)19-9-3-2-4-10-19)11-16(13)24(20,21)18-14-7-8-17-12-14;/h5-6,11,14,17-18H,2-4,7-10,12H2,1H3;1H. The van der Waals surface area contributed by atoms with Gasteiger partial charge in [0.25, 0.3) is 0 Å². The van der Waals surface area contributed by atoms with Crippen molar-refractivity contribution < 1.29 is 16.8 Å². The normalized spacial score (nSPS) is 22.1. The highest BCUT2D eigenvalue weighted by molar-refractivity contribution is 7.90. The minimum absolute atomic E-state index is 0. The summed E-state index contributed by atoms with van der Waals surface area (Å²) in [5.41, 5.74) is 0.538. The molecule has 1 aromatic carbocycles. The van der Waals surface area contributed by atoms with Crippen molar-refractivity contribution in [3.63, 3.8) is 0 Å². The number of hydrogen-bond donors (Lipinski definition) is 2. The highest BCUT2D eigenvalue weighted by atomic mass is 35.5. The first-order chi connectivity index (χ1) is 11.8. The van der Waals surface area contributed by atoms with Crippen LogP contribution in [0.4, 0.5) is 0 Å². The lowest BCUT2D eigenvalue weighted by molar-refractivity contribution is 0.346. The number of piperidine rings is 1. The number of hydrogen-bond acceptors (Lipinski definition) is 5. The number of sulfonamides is 2. The third kappa shape index (κ3) is 4.58. The van der Waals surface area contributed by atoms with Gasteiger partial charge in [0.15, 0.2) is 0 Å². The predicted molar refractivity (Wildman–Crippen MR) is 103 cm³/mol. The molecule has 26 heavy (non-hydrogen) atoms. The van der Waals surface area contributed by atoms with Gasteiger partial charge in [0, 0.05) is 25.7 Å². The topological polar surface area (TPSA) is 95.6 Å². The summed E-state index contributed by atoms with van der Waals surface area (Å²) in [7, 11) is -7.42. The Morgan fingerprint density at radius 3 is 2.42 bits per heavy atom. The number of rotatable bonds is 5. The average molecular weight is 424 g/mol. The lowest BCUT2D eigenvalue weighted by atomic mass is 10.2. The van der Waals surface area contributed by atoms with Crippen LogP contribution in [0.15, 0.2) is 28.0 Å². The number of nitrogens with one attached hydrogen (secondary N) is 2. The van der Waals surface area contributed by atoms with Crippen molar-refractivity contribution in [2.24, 2.45) is 0 Å². The summed E-state index contributed by atoms with van der Waals surface area (Å²) in [5.74, 6) is 0. The Morgan fingerprint density at radius 2 is 1.81 bits per heavy atom. The van der Waals surface area contributed by atoms with Gasteiger partial charge in [-0.2, -0.15) is 4.31 Å². The van der Waals surface area contributed by atoms with Crippen LogP contribution in [0, 0.1) is 6.92 Å². The van der Waals surface area contributed by atoms with E-state index in [1.807, 2.05) is 0 Å². The molecule has 2 N–H and O–H groups in total. The Morgan fingerprint density at radius 1 is 1.12 bits per heavy atom. The zero-order valence-electron chi connectivity index (χ0n) is 14.8.